The van der Waals surface area contributed by atoms with Gasteiger partial charge in [0.25, 0.3) is 11.8 Å². The largest absolute Gasteiger partial charge is 0.372 e. The minimum atomic E-state index is -2.04. The number of amides is 2. The van der Waals surface area contributed by atoms with E-state index in [0.29, 0.717) is 17.3 Å². The minimum absolute atomic E-state index is 0.0507. The number of para-hydroxylation sites is 1. The smallest absolute Gasteiger partial charge is 0.268 e. The third-order valence-corrected chi connectivity index (χ3v) is 4.51. The van der Waals surface area contributed by atoms with Crippen LogP contribution < -0.4 is 10.2 Å². The van der Waals surface area contributed by atoms with Crippen molar-refractivity contribution in [2.24, 2.45) is 0 Å². The van der Waals surface area contributed by atoms with Gasteiger partial charge in [0.15, 0.2) is 0 Å². The van der Waals surface area contributed by atoms with Crippen LogP contribution in [0.5, 0.6) is 0 Å². The van der Waals surface area contributed by atoms with Crippen molar-refractivity contribution in [1.82, 2.24) is 5.32 Å². The van der Waals surface area contributed by atoms with Gasteiger partial charge in [-0.3, -0.25) is 9.59 Å². The number of anilines is 1. The Kier molecular flexibility index (Phi) is 4.55. The predicted molar refractivity (Wildman–Crippen MR) is 91.7 cm³/mol. The van der Waals surface area contributed by atoms with E-state index in [-0.39, 0.29) is 13.0 Å². The minimum Gasteiger partial charge on any atom is -0.372 e. The van der Waals surface area contributed by atoms with Crippen LogP contribution in [0.15, 0.2) is 54.6 Å². The lowest BCUT2D eigenvalue weighted by atomic mass is 10.0. The SMILES string of the molecule is O=C(NCc1ccccc1Cl)[C@@]1(O)CCN(c2ccccc2)C1=O. The first-order valence-corrected chi connectivity index (χ1v) is 8.01. The van der Waals surface area contributed by atoms with E-state index in [1.54, 1.807) is 48.5 Å². The van der Waals surface area contributed by atoms with Crippen LogP contribution in [0.4, 0.5) is 5.69 Å². The summed E-state index contributed by atoms with van der Waals surface area (Å²) in [5, 5.41) is 13.7. The monoisotopic (exact) mass is 344 g/mol. The van der Waals surface area contributed by atoms with Crippen LogP contribution in [-0.2, 0) is 16.1 Å². The summed E-state index contributed by atoms with van der Waals surface area (Å²) in [5.74, 6) is -1.31. The molecule has 0 aromatic heterocycles. The van der Waals surface area contributed by atoms with Crippen LogP contribution in [-0.4, -0.2) is 29.1 Å². The summed E-state index contributed by atoms with van der Waals surface area (Å²) < 4.78 is 0. The summed E-state index contributed by atoms with van der Waals surface area (Å²) in [6.45, 7) is 0.443. The molecule has 24 heavy (non-hydrogen) atoms. The molecule has 3 rings (SSSR count). The number of nitrogens with one attached hydrogen (secondary N) is 1. The molecule has 0 spiro atoms. The fourth-order valence-electron chi connectivity index (χ4n) is 2.73. The van der Waals surface area contributed by atoms with Crippen LogP contribution in [0.2, 0.25) is 5.02 Å². The third-order valence-electron chi connectivity index (χ3n) is 4.14. The molecule has 0 bridgehead atoms. The zero-order chi connectivity index (χ0) is 17.2. The van der Waals surface area contributed by atoms with E-state index in [4.69, 9.17) is 11.6 Å². The van der Waals surface area contributed by atoms with Gasteiger partial charge in [-0.1, -0.05) is 48.0 Å². The normalized spacial score (nSPS) is 20.2. The summed E-state index contributed by atoms with van der Waals surface area (Å²) in [6, 6.07) is 16.1. The Morgan fingerprint density at radius 3 is 2.54 bits per heavy atom. The third kappa shape index (κ3) is 3.00. The van der Waals surface area contributed by atoms with Crippen molar-refractivity contribution < 1.29 is 14.7 Å². The van der Waals surface area contributed by atoms with Crippen molar-refractivity contribution in [3.8, 4) is 0 Å². The maximum absolute atomic E-state index is 12.5. The molecule has 2 aromatic carbocycles. The van der Waals surface area contributed by atoms with Gasteiger partial charge >= 0.3 is 0 Å². The lowest BCUT2D eigenvalue weighted by molar-refractivity contribution is -0.149. The molecule has 1 atom stereocenters. The van der Waals surface area contributed by atoms with E-state index in [1.165, 1.54) is 4.90 Å². The molecule has 2 amide bonds. The van der Waals surface area contributed by atoms with Crippen LogP contribution >= 0.6 is 11.6 Å². The Morgan fingerprint density at radius 1 is 1.17 bits per heavy atom. The van der Waals surface area contributed by atoms with Crippen molar-refractivity contribution in [3.63, 3.8) is 0 Å². The summed E-state index contributed by atoms with van der Waals surface area (Å²) in [5.41, 5.74) is -0.657. The van der Waals surface area contributed by atoms with Gasteiger partial charge in [0.1, 0.15) is 0 Å². The molecule has 1 heterocycles. The lowest BCUT2D eigenvalue weighted by Gasteiger charge is -2.22. The van der Waals surface area contributed by atoms with Crippen LogP contribution in [0.25, 0.3) is 0 Å². The number of hydrogen-bond acceptors (Lipinski definition) is 3. The van der Waals surface area contributed by atoms with Gasteiger partial charge in [0.2, 0.25) is 5.60 Å². The molecule has 6 heteroatoms. The van der Waals surface area contributed by atoms with E-state index in [2.05, 4.69) is 5.32 Å². The average molecular weight is 345 g/mol. The predicted octanol–water partition coefficient (Wildman–Crippen LogP) is 2.12. The Morgan fingerprint density at radius 2 is 1.83 bits per heavy atom. The van der Waals surface area contributed by atoms with Crippen molar-refractivity contribution >= 4 is 29.1 Å². The van der Waals surface area contributed by atoms with Gasteiger partial charge < -0.3 is 15.3 Å². The van der Waals surface area contributed by atoms with E-state index in [9.17, 15) is 14.7 Å². The topological polar surface area (TPSA) is 69.6 Å². The fraction of sp³-hybridized carbons (Fsp3) is 0.222. The maximum Gasteiger partial charge on any atom is 0.268 e. The molecular formula is C18H17ClN2O3. The molecule has 1 aliphatic rings. The van der Waals surface area contributed by atoms with Crippen molar-refractivity contribution in [2.45, 2.75) is 18.6 Å². The molecule has 0 saturated carbocycles. The van der Waals surface area contributed by atoms with Crippen LogP contribution in [0, 0.1) is 0 Å². The summed E-state index contributed by atoms with van der Waals surface area (Å²) >= 11 is 6.04. The highest BCUT2D eigenvalue weighted by Gasteiger charge is 2.51. The number of hydrogen-bond donors (Lipinski definition) is 2. The fourth-order valence-corrected chi connectivity index (χ4v) is 2.94. The number of halogens is 1. The lowest BCUT2D eigenvalue weighted by Crippen LogP contribution is -2.52. The molecule has 124 valence electrons. The van der Waals surface area contributed by atoms with Gasteiger partial charge in [-0.15, -0.1) is 0 Å². The highest BCUT2D eigenvalue weighted by atomic mass is 35.5. The zero-order valence-electron chi connectivity index (χ0n) is 12.9. The first-order valence-electron chi connectivity index (χ1n) is 7.63. The second-order valence-electron chi connectivity index (χ2n) is 5.68. The van der Waals surface area contributed by atoms with E-state index < -0.39 is 17.4 Å². The summed E-state index contributed by atoms with van der Waals surface area (Å²) in [4.78, 5) is 26.3. The number of carbonyl (C=O) groups is 2. The molecule has 1 fully saturated rings. The van der Waals surface area contributed by atoms with Gasteiger partial charge in [0, 0.05) is 30.2 Å². The Hall–Kier alpha value is -2.37. The molecule has 0 aliphatic carbocycles. The van der Waals surface area contributed by atoms with E-state index in [0.717, 1.165) is 5.56 Å². The molecule has 0 unspecified atom stereocenters. The van der Waals surface area contributed by atoms with Crippen LogP contribution in [0.3, 0.4) is 0 Å². The van der Waals surface area contributed by atoms with Gasteiger partial charge in [-0.05, 0) is 23.8 Å². The molecular weight excluding hydrogens is 328 g/mol. The van der Waals surface area contributed by atoms with Gasteiger partial charge in [-0.2, -0.15) is 0 Å². The average Bonchev–Trinajstić information content (AvgIpc) is 2.91. The molecule has 0 radical (unpaired) electrons. The second kappa shape index (κ2) is 6.63. The highest BCUT2D eigenvalue weighted by Crippen LogP contribution is 2.28. The number of nitrogens with zero attached hydrogens (tertiary/aromatic N) is 1. The quantitative estimate of drug-likeness (QED) is 0.835. The number of benzene rings is 2. The van der Waals surface area contributed by atoms with Crippen molar-refractivity contribution in [2.75, 3.05) is 11.4 Å². The first kappa shape index (κ1) is 16.5. The second-order valence-corrected chi connectivity index (χ2v) is 6.08. The molecule has 2 N–H and O–H groups in total. The van der Waals surface area contributed by atoms with E-state index >= 15 is 0 Å². The Labute approximate surface area is 144 Å². The Bertz CT molecular complexity index is 766. The van der Waals surface area contributed by atoms with Gasteiger partial charge in [-0.25, -0.2) is 0 Å². The standard InChI is InChI=1S/C18H17ClN2O3/c19-15-9-5-4-6-13(15)12-20-16(22)18(24)10-11-21(17(18)23)14-7-2-1-3-8-14/h1-9,24H,10-12H2,(H,20,22)/t18-/m0/s1. The van der Waals surface area contributed by atoms with Crippen LogP contribution in [0.1, 0.15) is 12.0 Å². The molecule has 5 nitrogen and oxygen atoms in total. The number of carbonyl (C=O) groups excluding carboxylic acids is 2. The number of aliphatic hydroxyl groups is 1. The summed E-state index contributed by atoms with van der Waals surface area (Å²) in [6.07, 6.45) is 0.0507. The molecule has 1 saturated heterocycles. The highest BCUT2D eigenvalue weighted by molar-refractivity contribution is 6.31. The molecule has 1 aliphatic heterocycles. The Balaban J connectivity index is 1.71. The van der Waals surface area contributed by atoms with Crippen molar-refractivity contribution in [3.05, 3.63) is 65.2 Å². The molecule has 2 aromatic rings. The summed E-state index contributed by atoms with van der Waals surface area (Å²) in [7, 11) is 0. The number of rotatable bonds is 4. The van der Waals surface area contributed by atoms with E-state index in [1.807, 2.05) is 6.07 Å². The first-order chi connectivity index (χ1) is 11.5. The van der Waals surface area contributed by atoms with Gasteiger partial charge in [0.05, 0.1) is 0 Å². The maximum atomic E-state index is 12.5. The zero-order valence-corrected chi connectivity index (χ0v) is 13.7. The van der Waals surface area contributed by atoms with Crippen molar-refractivity contribution in [1.29, 1.82) is 0 Å².